The number of carbonyl (C=O) groups excluding carboxylic acids is 1. The fraction of sp³-hybridized carbons (Fsp3) is 0.533. The van der Waals surface area contributed by atoms with Gasteiger partial charge < -0.3 is 15.8 Å². The predicted molar refractivity (Wildman–Crippen MR) is 82.1 cm³/mol. The quantitative estimate of drug-likeness (QED) is 0.898. The number of carbonyl (C=O) groups is 1. The minimum absolute atomic E-state index is 0.360. The van der Waals surface area contributed by atoms with Gasteiger partial charge in [-0.2, -0.15) is 0 Å². The van der Waals surface area contributed by atoms with Gasteiger partial charge >= 0.3 is 6.09 Å². The van der Waals surface area contributed by atoms with Gasteiger partial charge in [-0.15, -0.1) is 0 Å². The van der Waals surface area contributed by atoms with Crippen LogP contribution < -0.4 is 11.1 Å². The third-order valence-corrected chi connectivity index (χ3v) is 3.27. The number of hydrogen-bond acceptors (Lipinski definition) is 3. The summed E-state index contributed by atoms with van der Waals surface area (Å²) in [6.45, 7) is 8.29. The summed E-state index contributed by atoms with van der Waals surface area (Å²) >= 11 is 5.88. The van der Waals surface area contributed by atoms with Crippen molar-refractivity contribution in [3.63, 3.8) is 0 Å². The number of hydrogen-bond donors (Lipinski definition) is 2. The van der Waals surface area contributed by atoms with Crippen molar-refractivity contribution in [1.82, 2.24) is 5.32 Å². The number of amides is 1. The molecule has 0 aliphatic heterocycles. The lowest BCUT2D eigenvalue weighted by Crippen LogP contribution is -2.45. The van der Waals surface area contributed by atoms with Crippen molar-refractivity contribution < 1.29 is 9.53 Å². The molecular weight excluding hydrogens is 276 g/mol. The van der Waals surface area contributed by atoms with Gasteiger partial charge in [-0.25, -0.2) is 4.79 Å². The van der Waals surface area contributed by atoms with Crippen molar-refractivity contribution >= 4 is 17.7 Å². The van der Waals surface area contributed by atoms with Crippen molar-refractivity contribution in [2.75, 3.05) is 13.1 Å². The Kier molecular flexibility index (Phi) is 5.42. The van der Waals surface area contributed by atoms with Crippen LogP contribution >= 0.6 is 11.6 Å². The molecule has 4 nitrogen and oxygen atoms in total. The van der Waals surface area contributed by atoms with Crippen LogP contribution in [0.3, 0.4) is 0 Å². The molecule has 1 aromatic rings. The number of benzene rings is 1. The molecule has 1 amide bonds. The van der Waals surface area contributed by atoms with Crippen molar-refractivity contribution in [3.8, 4) is 0 Å². The molecule has 0 aliphatic rings. The van der Waals surface area contributed by atoms with E-state index >= 15 is 0 Å². The molecule has 0 spiro atoms. The Morgan fingerprint density at radius 1 is 1.25 bits per heavy atom. The van der Waals surface area contributed by atoms with Gasteiger partial charge in [-0.3, -0.25) is 0 Å². The van der Waals surface area contributed by atoms with Gasteiger partial charge in [0.25, 0.3) is 0 Å². The number of nitrogens with two attached hydrogens (primary N) is 1. The second-order valence-electron chi connectivity index (χ2n) is 6.13. The van der Waals surface area contributed by atoms with Crippen LogP contribution in [-0.2, 0) is 10.2 Å². The summed E-state index contributed by atoms with van der Waals surface area (Å²) in [6.07, 6.45) is -0.439. The summed E-state index contributed by atoms with van der Waals surface area (Å²) in [5.41, 5.74) is 6.02. The first kappa shape index (κ1) is 16.8. The predicted octanol–water partition coefficient (Wildman–Crippen LogP) is 3.08. The number of rotatable bonds is 4. The zero-order valence-corrected chi connectivity index (χ0v) is 13.3. The van der Waals surface area contributed by atoms with E-state index in [9.17, 15) is 4.79 Å². The lowest BCUT2D eigenvalue weighted by Gasteiger charge is -2.29. The van der Waals surface area contributed by atoms with E-state index < -0.39 is 11.7 Å². The Balaban J connectivity index is 2.71. The maximum Gasteiger partial charge on any atom is 0.407 e. The third kappa shape index (κ3) is 5.02. The van der Waals surface area contributed by atoms with Gasteiger partial charge in [0.15, 0.2) is 0 Å². The number of ether oxygens (including phenoxy) is 1. The first-order chi connectivity index (χ1) is 9.16. The molecule has 1 rings (SSSR count). The van der Waals surface area contributed by atoms with Crippen LogP contribution in [0.5, 0.6) is 0 Å². The molecule has 0 fully saturated rings. The summed E-state index contributed by atoms with van der Waals surface area (Å²) in [5, 5.41) is 3.44. The number of alkyl carbamates (subject to hydrolysis) is 1. The largest absolute Gasteiger partial charge is 0.444 e. The fourth-order valence-electron chi connectivity index (χ4n) is 1.73. The van der Waals surface area contributed by atoms with Gasteiger partial charge in [0.05, 0.1) is 0 Å². The van der Waals surface area contributed by atoms with Gasteiger partial charge in [0, 0.05) is 23.5 Å². The average molecular weight is 299 g/mol. The molecule has 0 saturated carbocycles. The topological polar surface area (TPSA) is 64.3 Å². The third-order valence-electron chi connectivity index (χ3n) is 3.01. The summed E-state index contributed by atoms with van der Waals surface area (Å²) in [7, 11) is 0. The SMILES string of the molecule is CC(C)(C)OC(=O)NCC(C)(CN)c1ccc(Cl)cc1. The van der Waals surface area contributed by atoms with Crippen molar-refractivity contribution in [3.05, 3.63) is 34.9 Å². The van der Waals surface area contributed by atoms with Crippen molar-refractivity contribution in [1.29, 1.82) is 0 Å². The molecule has 20 heavy (non-hydrogen) atoms. The van der Waals surface area contributed by atoms with Crippen LogP contribution in [0.4, 0.5) is 4.79 Å². The molecule has 1 atom stereocenters. The molecule has 3 N–H and O–H groups in total. The molecule has 112 valence electrons. The van der Waals surface area contributed by atoms with Crippen LogP contribution in [-0.4, -0.2) is 24.8 Å². The van der Waals surface area contributed by atoms with E-state index in [-0.39, 0.29) is 5.41 Å². The Labute approximate surface area is 125 Å². The lowest BCUT2D eigenvalue weighted by molar-refractivity contribution is 0.0516. The molecular formula is C15H23ClN2O2. The minimum Gasteiger partial charge on any atom is -0.444 e. The first-order valence-electron chi connectivity index (χ1n) is 6.59. The highest BCUT2D eigenvalue weighted by Gasteiger charge is 2.27. The van der Waals surface area contributed by atoms with E-state index in [1.54, 1.807) is 0 Å². The highest BCUT2D eigenvalue weighted by Crippen LogP contribution is 2.23. The van der Waals surface area contributed by atoms with Gasteiger partial charge in [-0.1, -0.05) is 30.7 Å². The normalized spacial score (nSPS) is 14.5. The van der Waals surface area contributed by atoms with Gasteiger partial charge in [0.1, 0.15) is 5.60 Å². The molecule has 0 aromatic heterocycles. The summed E-state index contributed by atoms with van der Waals surface area (Å²) in [5.74, 6) is 0. The first-order valence-corrected chi connectivity index (χ1v) is 6.97. The molecule has 0 radical (unpaired) electrons. The van der Waals surface area contributed by atoms with Crippen LogP contribution in [0.2, 0.25) is 5.02 Å². The van der Waals surface area contributed by atoms with Crippen LogP contribution in [0.25, 0.3) is 0 Å². The molecule has 1 aromatic carbocycles. The lowest BCUT2D eigenvalue weighted by atomic mass is 9.82. The zero-order chi connectivity index (χ0) is 15.4. The van der Waals surface area contributed by atoms with E-state index in [1.165, 1.54) is 0 Å². The molecule has 0 aliphatic carbocycles. The monoisotopic (exact) mass is 298 g/mol. The smallest absolute Gasteiger partial charge is 0.407 e. The minimum atomic E-state index is -0.510. The van der Waals surface area contributed by atoms with Crippen LogP contribution in [0, 0.1) is 0 Å². The Morgan fingerprint density at radius 3 is 2.25 bits per heavy atom. The van der Waals surface area contributed by atoms with Crippen molar-refractivity contribution in [2.45, 2.75) is 38.7 Å². The standard InChI is InChI=1S/C15H23ClN2O2/c1-14(2,3)20-13(19)18-10-15(4,9-17)11-5-7-12(16)8-6-11/h5-8H,9-10,17H2,1-4H3,(H,18,19). The van der Waals surface area contributed by atoms with Crippen LogP contribution in [0.1, 0.15) is 33.3 Å². The zero-order valence-electron chi connectivity index (χ0n) is 12.5. The van der Waals surface area contributed by atoms with Crippen LogP contribution in [0.15, 0.2) is 24.3 Å². The fourth-order valence-corrected chi connectivity index (χ4v) is 1.85. The van der Waals surface area contributed by atoms with Gasteiger partial charge in [0.2, 0.25) is 0 Å². The number of nitrogens with one attached hydrogen (secondary N) is 1. The Morgan fingerprint density at radius 2 is 1.80 bits per heavy atom. The molecule has 0 heterocycles. The van der Waals surface area contributed by atoms with E-state index in [2.05, 4.69) is 5.32 Å². The van der Waals surface area contributed by atoms with E-state index in [0.29, 0.717) is 18.1 Å². The second kappa shape index (κ2) is 6.46. The van der Waals surface area contributed by atoms with E-state index in [4.69, 9.17) is 22.1 Å². The highest BCUT2D eigenvalue weighted by molar-refractivity contribution is 6.30. The van der Waals surface area contributed by atoms with E-state index in [1.807, 2.05) is 52.0 Å². The van der Waals surface area contributed by atoms with Gasteiger partial charge in [-0.05, 0) is 38.5 Å². The number of halogens is 1. The summed E-state index contributed by atoms with van der Waals surface area (Å²) in [6, 6.07) is 7.48. The highest BCUT2D eigenvalue weighted by atomic mass is 35.5. The molecule has 5 heteroatoms. The second-order valence-corrected chi connectivity index (χ2v) is 6.56. The molecule has 0 saturated heterocycles. The Bertz CT molecular complexity index is 454. The molecule has 0 bridgehead atoms. The summed E-state index contributed by atoms with van der Waals surface area (Å²) in [4.78, 5) is 11.7. The van der Waals surface area contributed by atoms with E-state index in [0.717, 1.165) is 5.56 Å². The Hall–Kier alpha value is -1.26. The maximum absolute atomic E-state index is 11.7. The molecule has 1 unspecified atom stereocenters. The maximum atomic E-state index is 11.7. The van der Waals surface area contributed by atoms with Crippen molar-refractivity contribution in [2.24, 2.45) is 5.73 Å². The average Bonchev–Trinajstić information content (AvgIpc) is 2.35. The summed E-state index contributed by atoms with van der Waals surface area (Å²) < 4.78 is 5.22.